The lowest BCUT2D eigenvalue weighted by atomic mass is 9.95. The fraction of sp³-hybridized carbons (Fsp3) is 0.533. The molecule has 2 unspecified atom stereocenters. The van der Waals surface area contributed by atoms with E-state index in [1.807, 2.05) is 18.2 Å². The second-order valence-corrected chi connectivity index (χ2v) is 6.26. The molecular formula is C15H22N2OS. The van der Waals surface area contributed by atoms with Gasteiger partial charge >= 0.3 is 0 Å². The second kappa shape index (κ2) is 6.96. The number of para-hydroxylation sites is 1. The molecule has 3 N–H and O–H groups in total. The molecule has 0 spiro atoms. The normalized spacial score (nSPS) is 22.4. The number of amides is 1. The highest BCUT2D eigenvalue weighted by atomic mass is 32.2. The molecule has 1 aliphatic rings. The number of rotatable bonds is 5. The Hall–Kier alpha value is -1.00. The Balaban J connectivity index is 2.06. The molecule has 0 saturated heterocycles. The van der Waals surface area contributed by atoms with Crippen LogP contribution in [0.25, 0.3) is 0 Å². The summed E-state index contributed by atoms with van der Waals surface area (Å²) in [4.78, 5) is 13.5. The predicted octanol–water partition coefficient (Wildman–Crippen LogP) is 3.11. The van der Waals surface area contributed by atoms with Crippen molar-refractivity contribution < 1.29 is 4.79 Å². The zero-order valence-corrected chi connectivity index (χ0v) is 12.2. The Morgan fingerprint density at radius 3 is 2.95 bits per heavy atom. The third-order valence-corrected chi connectivity index (χ3v) is 4.70. The summed E-state index contributed by atoms with van der Waals surface area (Å²) in [6.07, 6.45) is 3.17. The highest BCUT2D eigenvalue weighted by Crippen LogP contribution is 2.33. The summed E-state index contributed by atoms with van der Waals surface area (Å²) >= 11 is 1.75. The van der Waals surface area contributed by atoms with E-state index in [9.17, 15) is 4.79 Å². The standard InChI is InChI=1S/C15H22N2OS/c1-2-19-14-9-4-3-8-13(14)17-15(18)12-7-5-6-11(12)10-16/h3-4,8-9,11-12H,2,5-7,10,16H2,1H3,(H,17,18). The maximum Gasteiger partial charge on any atom is 0.227 e. The molecule has 1 fully saturated rings. The first-order valence-electron chi connectivity index (χ1n) is 6.99. The molecule has 3 nitrogen and oxygen atoms in total. The van der Waals surface area contributed by atoms with Gasteiger partial charge < -0.3 is 11.1 Å². The summed E-state index contributed by atoms with van der Waals surface area (Å²) < 4.78 is 0. The monoisotopic (exact) mass is 278 g/mol. The highest BCUT2D eigenvalue weighted by Gasteiger charge is 2.32. The fourth-order valence-electron chi connectivity index (χ4n) is 2.74. The largest absolute Gasteiger partial charge is 0.330 e. The number of hydrogen-bond donors (Lipinski definition) is 2. The molecule has 1 saturated carbocycles. The van der Waals surface area contributed by atoms with Crippen LogP contribution in [0.5, 0.6) is 0 Å². The van der Waals surface area contributed by atoms with E-state index in [2.05, 4.69) is 18.3 Å². The van der Waals surface area contributed by atoms with Crippen LogP contribution in [0.1, 0.15) is 26.2 Å². The number of anilines is 1. The van der Waals surface area contributed by atoms with Gasteiger partial charge in [-0.2, -0.15) is 0 Å². The first-order chi connectivity index (χ1) is 9.26. The van der Waals surface area contributed by atoms with Crippen LogP contribution >= 0.6 is 11.8 Å². The summed E-state index contributed by atoms with van der Waals surface area (Å²) in [5.41, 5.74) is 6.68. The molecule has 1 aromatic carbocycles. The van der Waals surface area contributed by atoms with Crippen LogP contribution in [0, 0.1) is 11.8 Å². The van der Waals surface area contributed by atoms with Gasteiger partial charge in [0.1, 0.15) is 0 Å². The van der Waals surface area contributed by atoms with Crippen LogP contribution in [0.2, 0.25) is 0 Å². The second-order valence-electron chi connectivity index (χ2n) is 4.95. The van der Waals surface area contributed by atoms with Gasteiger partial charge in [0, 0.05) is 10.8 Å². The van der Waals surface area contributed by atoms with E-state index < -0.39 is 0 Å². The number of benzene rings is 1. The summed E-state index contributed by atoms with van der Waals surface area (Å²) in [5.74, 6) is 1.58. The smallest absolute Gasteiger partial charge is 0.227 e. The van der Waals surface area contributed by atoms with Gasteiger partial charge in [-0.05, 0) is 43.2 Å². The fourth-order valence-corrected chi connectivity index (χ4v) is 3.50. The molecule has 0 heterocycles. The molecule has 1 aromatic rings. The molecule has 1 amide bonds. The number of carbonyl (C=O) groups excluding carboxylic acids is 1. The molecular weight excluding hydrogens is 256 g/mol. The summed E-state index contributed by atoms with van der Waals surface area (Å²) in [6.45, 7) is 2.73. The first kappa shape index (κ1) is 14.4. The van der Waals surface area contributed by atoms with Gasteiger partial charge in [0.05, 0.1) is 5.69 Å². The van der Waals surface area contributed by atoms with Crippen LogP contribution in [0.4, 0.5) is 5.69 Å². The van der Waals surface area contributed by atoms with Crippen LogP contribution < -0.4 is 11.1 Å². The van der Waals surface area contributed by atoms with Crippen LogP contribution in [-0.4, -0.2) is 18.2 Å². The molecule has 1 aliphatic carbocycles. The van der Waals surface area contributed by atoms with E-state index in [1.165, 1.54) is 0 Å². The summed E-state index contributed by atoms with van der Waals surface area (Å²) in [5, 5.41) is 3.09. The van der Waals surface area contributed by atoms with E-state index in [0.717, 1.165) is 35.6 Å². The van der Waals surface area contributed by atoms with E-state index in [-0.39, 0.29) is 11.8 Å². The number of thioether (sulfide) groups is 1. The van der Waals surface area contributed by atoms with E-state index in [0.29, 0.717) is 12.5 Å². The molecule has 0 bridgehead atoms. The quantitative estimate of drug-likeness (QED) is 0.814. The van der Waals surface area contributed by atoms with Gasteiger partial charge in [0.2, 0.25) is 5.91 Å². The number of nitrogens with two attached hydrogens (primary N) is 1. The van der Waals surface area contributed by atoms with Gasteiger partial charge in [0.25, 0.3) is 0 Å². The number of carbonyl (C=O) groups is 1. The molecule has 0 aromatic heterocycles. The zero-order chi connectivity index (χ0) is 13.7. The Morgan fingerprint density at radius 2 is 2.21 bits per heavy atom. The summed E-state index contributed by atoms with van der Waals surface area (Å²) in [6, 6.07) is 8.00. The lowest BCUT2D eigenvalue weighted by Gasteiger charge is -2.18. The molecule has 0 aliphatic heterocycles. The van der Waals surface area contributed by atoms with Crippen LogP contribution in [0.3, 0.4) is 0 Å². The lowest BCUT2D eigenvalue weighted by Crippen LogP contribution is -2.29. The third-order valence-electron chi connectivity index (χ3n) is 3.74. The van der Waals surface area contributed by atoms with Crippen molar-refractivity contribution in [2.75, 3.05) is 17.6 Å². The summed E-state index contributed by atoms with van der Waals surface area (Å²) in [7, 11) is 0. The minimum Gasteiger partial charge on any atom is -0.330 e. The van der Waals surface area contributed by atoms with Gasteiger partial charge in [-0.1, -0.05) is 25.5 Å². The third kappa shape index (κ3) is 3.51. The molecule has 19 heavy (non-hydrogen) atoms. The molecule has 2 atom stereocenters. The Kier molecular flexibility index (Phi) is 5.28. The molecule has 2 rings (SSSR count). The van der Waals surface area contributed by atoms with E-state index >= 15 is 0 Å². The minimum absolute atomic E-state index is 0.0877. The van der Waals surface area contributed by atoms with Crippen molar-refractivity contribution in [1.29, 1.82) is 0 Å². The lowest BCUT2D eigenvalue weighted by molar-refractivity contribution is -0.120. The average Bonchev–Trinajstić information content (AvgIpc) is 2.89. The number of hydrogen-bond acceptors (Lipinski definition) is 3. The van der Waals surface area contributed by atoms with Crippen molar-refractivity contribution in [2.24, 2.45) is 17.6 Å². The van der Waals surface area contributed by atoms with Crippen molar-refractivity contribution in [3.8, 4) is 0 Å². The van der Waals surface area contributed by atoms with E-state index in [1.54, 1.807) is 11.8 Å². The number of nitrogens with one attached hydrogen (secondary N) is 1. The topological polar surface area (TPSA) is 55.1 Å². The SMILES string of the molecule is CCSc1ccccc1NC(=O)C1CCCC1CN. The predicted molar refractivity (Wildman–Crippen MR) is 81.4 cm³/mol. The van der Waals surface area contributed by atoms with Crippen molar-refractivity contribution >= 4 is 23.4 Å². The minimum atomic E-state index is 0.0877. The maximum atomic E-state index is 12.4. The van der Waals surface area contributed by atoms with Gasteiger partial charge in [-0.15, -0.1) is 11.8 Å². The van der Waals surface area contributed by atoms with Crippen LogP contribution in [-0.2, 0) is 4.79 Å². The first-order valence-corrected chi connectivity index (χ1v) is 7.97. The van der Waals surface area contributed by atoms with Gasteiger partial charge in [0.15, 0.2) is 0 Å². The Labute approximate surface area is 119 Å². The highest BCUT2D eigenvalue weighted by molar-refractivity contribution is 7.99. The Morgan fingerprint density at radius 1 is 1.42 bits per heavy atom. The maximum absolute atomic E-state index is 12.4. The molecule has 4 heteroatoms. The van der Waals surface area contributed by atoms with Crippen molar-refractivity contribution in [3.63, 3.8) is 0 Å². The van der Waals surface area contributed by atoms with Gasteiger partial charge in [-0.25, -0.2) is 0 Å². The van der Waals surface area contributed by atoms with E-state index in [4.69, 9.17) is 5.73 Å². The van der Waals surface area contributed by atoms with Crippen molar-refractivity contribution in [2.45, 2.75) is 31.1 Å². The zero-order valence-electron chi connectivity index (χ0n) is 11.4. The molecule has 0 radical (unpaired) electrons. The van der Waals surface area contributed by atoms with Crippen molar-refractivity contribution in [3.05, 3.63) is 24.3 Å². The van der Waals surface area contributed by atoms with Crippen LogP contribution in [0.15, 0.2) is 29.2 Å². The Bertz CT molecular complexity index is 436. The van der Waals surface area contributed by atoms with Gasteiger partial charge in [-0.3, -0.25) is 4.79 Å². The van der Waals surface area contributed by atoms with Crippen molar-refractivity contribution in [1.82, 2.24) is 0 Å². The average molecular weight is 278 g/mol. The molecule has 104 valence electrons.